The normalized spacial score (nSPS) is 12.2. The minimum Gasteiger partial charge on any atom is -0.312 e. The third kappa shape index (κ3) is 5.02. The van der Waals surface area contributed by atoms with E-state index in [1.807, 2.05) is 17.1 Å². The van der Waals surface area contributed by atoms with Gasteiger partial charge in [-0.25, -0.2) is 4.98 Å². The van der Waals surface area contributed by atoms with Crippen LogP contribution in [-0.2, 0) is 31.9 Å². The first-order chi connectivity index (χ1) is 20.1. The fourth-order valence-electron chi connectivity index (χ4n) is 5.88. The Kier molecular flexibility index (Phi) is 7.17. The molecule has 0 aliphatic carbocycles. The Bertz CT molecular complexity index is 2120. The molecule has 4 nitrogen and oxygen atoms in total. The zero-order valence-corrected chi connectivity index (χ0v) is 27.6. The van der Waals surface area contributed by atoms with Crippen molar-refractivity contribution >= 4 is 32.7 Å². The van der Waals surface area contributed by atoms with Crippen LogP contribution in [0.3, 0.4) is 0 Å². The molecule has 0 amide bonds. The van der Waals surface area contributed by atoms with Crippen molar-refractivity contribution in [2.45, 2.75) is 52.4 Å². The maximum absolute atomic E-state index is 4.91. The van der Waals surface area contributed by atoms with Gasteiger partial charge >= 0.3 is 21.1 Å². The van der Waals surface area contributed by atoms with Gasteiger partial charge in [0.1, 0.15) is 5.65 Å². The van der Waals surface area contributed by atoms with E-state index in [2.05, 4.69) is 148 Å². The largest absolute Gasteiger partial charge is 2.00 e. The predicted octanol–water partition coefficient (Wildman–Crippen LogP) is 9.38. The van der Waals surface area contributed by atoms with E-state index in [9.17, 15) is 0 Å². The summed E-state index contributed by atoms with van der Waals surface area (Å²) in [5.41, 5.74) is 8.58. The number of hydrogen-bond acceptors (Lipinski definition) is 2. The SMILES string of the molecule is CC(C)(C)c1cnn(-c2[c-]c3c(-c4[c-]c(-n5c6ccccc6c6c(C(C)(C)C)ccnc65)ccc4)cccc3cc2)c1.[Pt+2]. The van der Waals surface area contributed by atoms with Gasteiger partial charge in [-0.1, -0.05) is 77.9 Å². The molecule has 3 heterocycles. The van der Waals surface area contributed by atoms with Crippen LogP contribution in [0.15, 0.2) is 97.5 Å². The third-order valence-corrected chi connectivity index (χ3v) is 8.14. The molecule has 0 saturated carbocycles. The fourth-order valence-corrected chi connectivity index (χ4v) is 5.88. The van der Waals surface area contributed by atoms with E-state index in [1.54, 1.807) is 0 Å². The molecule has 0 atom stereocenters. The van der Waals surface area contributed by atoms with Gasteiger partial charge in [0.15, 0.2) is 0 Å². The average Bonchev–Trinajstić information content (AvgIpc) is 3.60. The topological polar surface area (TPSA) is 35.6 Å². The van der Waals surface area contributed by atoms with Crippen LogP contribution in [0, 0.1) is 12.1 Å². The number of fused-ring (bicyclic) bond motifs is 4. The number of hydrogen-bond donors (Lipinski definition) is 0. The Balaban J connectivity index is 0.00000329. The van der Waals surface area contributed by atoms with Gasteiger partial charge in [0, 0.05) is 23.2 Å². The average molecular weight is 742 g/mol. The fraction of sp³-hybridized carbons (Fsp3) is 0.211. The summed E-state index contributed by atoms with van der Waals surface area (Å²) in [4.78, 5) is 4.91. The first-order valence-electron chi connectivity index (χ1n) is 14.5. The first-order valence-corrected chi connectivity index (χ1v) is 14.5. The molecule has 0 fully saturated rings. The molecule has 0 unspecified atom stereocenters. The van der Waals surface area contributed by atoms with Gasteiger partial charge in [0.2, 0.25) is 0 Å². The molecule has 3 aromatic heterocycles. The Morgan fingerprint density at radius 2 is 1.51 bits per heavy atom. The van der Waals surface area contributed by atoms with Crippen LogP contribution in [0.25, 0.3) is 55.2 Å². The molecule has 5 heteroatoms. The van der Waals surface area contributed by atoms with Crippen LogP contribution in [0.1, 0.15) is 52.7 Å². The minimum absolute atomic E-state index is 0. The minimum atomic E-state index is -0.0135. The molecule has 0 aliphatic rings. The van der Waals surface area contributed by atoms with Gasteiger partial charge < -0.3 is 4.57 Å². The van der Waals surface area contributed by atoms with Gasteiger partial charge in [-0.15, -0.1) is 64.4 Å². The van der Waals surface area contributed by atoms with Crippen molar-refractivity contribution in [3.8, 4) is 22.5 Å². The molecule has 0 N–H and O–H groups in total. The van der Waals surface area contributed by atoms with Crippen molar-refractivity contribution in [3.63, 3.8) is 0 Å². The van der Waals surface area contributed by atoms with Crippen LogP contribution in [0.4, 0.5) is 0 Å². The Morgan fingerprint density at radius 1 is 0.721 bits per heavy atom. The summed E-state index contributed by atoms with van der Waals surface area (Å²) < 4.78 is 4.18. The Hall–Kier alpha value is -4.01. The van der Waals surface area contributed by atoms with E-state index in [1.165, 1.54) is 21.9 Å². The van der Waals surface area contributed by atoms with Crippen LogP contribution >= 0.6 is 0 Å². The summed E-state index contributed by atoms with van der Waals surface area (Å²) in [7, 11) is 0. The standard InChI is InChI=1S/C38H34N4.Pt/c1-37(2,3)27-23-40-41(24-27)28-18-17-25-11-10-15-30(32(25)22-28)26-12-9-13-29(21-26)42-34-16-8-7-14-31(34)35-33(38(4,5)6)19-20-39-36(35)42;/h7-20,23-24H,1-6H3;/q-2;+2. The molecule has 0 spiro atoms. The second-order valence-corrected chi connectivity index (χ2v) is 13.1. The van der Waals surface area contributed by atoms with Crippen molar-refractivity contribution in [2.75, 3.05) is 0 Å². The monoisotopic (exact) mass is 741 g/mol. The molecular weight excluding hydrogens is 708 g/mol. The van der Waals surface area contributed by atoms with Crippen molar-refractivity contribution in [1.29, 1.82) is 0 Å². The number of benzene rings is 4. The van der Waals surface area contributed by atoms with Gasteiger partial charge in [0.25, 0.3) is 0 Å². The van der Waals surface area contributed by atoms with Crippen LogP contribution in [0.2, 0.25) is 0 Å². The number of pyridine rings is 1. The van der Waals surface area contributed by atoms with E-state index >= 15 is 0 Å². The van der Waals surface area contributed by atoms with Gasteiger partial charge in [0.05, 0.1) is 11.7 Å². The molecule has 216 valence electrons. The Morgan fingerprint density at radius 3 is 2.28 bits per heavy atom. The predicted molar refractivity (Wildman–Crippen MR) is 174 cm³/mol. The number of nitrogens with zero attached hydrogens (tertiary/aromatic N) is 4. The molecule has 0 radical (unpaired) electrons. The van der Waals surface area contributed by atoms with E-state index in [0.29, 0.717) is 0 Å². The number of para-hydroxylation sites is 1. The maximum atomic E-state index is 4.91. The van der Waals surface area contributed by atoms with Crippen LogP contribution < -0.4 is 0 Å². The van der Waals surface area contributed by atoms with E-state index < -0.39 is 0 Å². The zero-order valence-electron chi connectivity index (χ0n) is 25.3. The summed E-state index contributed by atoms with van der Waals surface area (Å²) in [5.74, 6) is 0. The van der Waals surface area contributed by atoms with E-state index in [-0.39, 0.29) is 31.9 Å². The van der Waals surface area contributed by atoms with Crippen molar-refractivity contribution in [1.82, 2.24) is 19.3 Å². The number of rotatable bonds is 3. The molecular formula is C38H34N4Pt. The van der Waals surface area contributed by atoms with Gasteiger partial charge in [-0.2, -0.15) is 5.10 Å². The summed E-state index contributed by atoms with van der Waals surface area (Å²) in [5, 5.41) is 9.25. The molecule has 4 aromatic carbocycles. The van der Waals surface area contributed by atoms with Crippen molar-refractivity contribution in [2.24, 2.45) is 0 Å². The second kappa shape index (κ2) is 10.6. The maximum Gasteiger partial charge on any atom is 2.00 e. The number of aromatic nitrogens is 4. The molecule has 0 bridgehead atoms. The molecule has 43 heavy (non-hydrogen) atoms. The van der Waals surface area contributed by atoms with E-state index in [0.717, 1.165) is 44.4 Å². The van der Waals surface area contributed by atoms with Crippen molar-refractivity contribution < 1.29 is 21.1 Å². The smallest absolute Gasteiger partial charge is 0.312 e. The van der Waals surface area contributed by atoms with Gasteiger partial charge in [-0.3, -0.25) is 4.68 Å². The summed E-state index contributed by atoms with van der Waals surface area (Å²) in [6.07, 6.45) is 5.99. The van der Waals surface area contributed by atoms with Crippen molar-refractivity contribution in [3.05, 3.63) is 121 Å². The quantitative estimate of drug-likeness (QED) is 0.169. The summed E-state index contributed by atoms with van der Waals surface area (Å²) >= 11 is 0. The van der Waals surface area contributed by atoms with Gasteiger partial charge in [-0.05, 0) is 45.5 Å². The summed E-state index contributed by atoms with van der Waals surface area (Å²) in [6.45, 7) is 13.4. The first kappa shape index (κ1) is 29.1. The van der Waals surface area contributed by atoms with Crippen LogP contribution in [-0.4, -0.2) is 19.3 Å². The molecule has 0 saturated heterocycles. The summed E-state index contributed by atoms with van der Waals surface area (Å²) in [6, 6.07) is 35.2. The van der Waals surface area contributed by atoms with E-state index in [4.69, 9.17) is 4.98 Å². The van der Waals surface area contributed by atoms with Crippen LogP contribution in [0.5, 0.6) is 0 Å². The molecule has 7 rings (SSSR count). The zero-order chi connectivity index (χ0) is 29.2. The molecule has 7 aromatic rings. The molecule has 0 aliphatic heterocycles. The third-order valence-electron chi connectivity index (χ3n) is 8.14. The Labute approximate surface area is 267 Å². The second-order valence-electron chi connectivity index (χ2n) is 13.1.